The minimum absolute atomic E-state index is 0.0420. The van der Waals surface area contributed by atoms with Crippen molar-refractivity contribution in [2.75, 3.05) is 6.61 Å². The monoisotopic (exact) mass is 214 g/mol. The SMILES string of the molecule is CCOC(=O)CCCCCCCC(C)C. The van der Waals surface area contributed by atoms with Gasteiger partial charge in [0.05, 0.1) is 6.61 Å². The molecule has 0 unspecified atom stereocenters. The molecule has 0 amide bonds. The highest BCUT2D eigenvalue weighted by atomic mass is 16.5. The Morgan fingerprint density at radius 1 is 1.07 bits per heavy atom. The average molecular weight is 214 g/mol. The molecule has 0 aliphatic rings. The van der Waals surface area contributed by atoms with Crippen LogP contribution in [-0.4, -0.2) is 12.6 Å². The standard InChI is InChI=1S/C13H26O2/c1-4-15-13(14)11-9-7-5-6-8-10-12(2)3/h12H,4-11H2,1-3H3. The zero-order valence-corrected chi connectivity index (χ0v) is 10.6. The number of carbonyl (C=O) groups excluding carboxylic acids is 1. The molecule has 0 saturated heterocycles. The van der Waals surface area contributed by atoms with Crippen molar-refractivity contribution in [1.82, 2.24) is 0 Å². The highest BCUT2D eigenvalue weighted by Gasteiger charge is 2.00. The van der Waals surface area contributed by atoms with Crippen LogP contribution in [0.5, 0.6) is 0 Å². The fraction of sp³-hybridized carbons (Fsp3) is 0.923. The fourth-order valence-electron chi connectivity index (χ4n) is 1.59. The van der Waals surface area contributed by atoms with Gasteiger partial charge in [-0.05, 0) is 19.3 Å². The van der Waals surface area contributed by atoms with Crippen LogP contribution in [0.3, 0.4) is 0 Å². The normalized spacial score (nSPS) is 10.7. The molecule has 15 heavy (non-hydrogen) atoms. The fourth-order valence-corrected chi connectivity index (χ4v) is 1.59. The van der Waals surface area contributed by atoms with Crippen LogP contribution in [0.4, 0.5) is 0 Å². The average Bonchev–Trinajstić information content (AvgIpc) is 2.16. The van der Waals surface area contributed by atoms with Crippen molar-refractivity contribution in [3.8, 4) is 0 Å². The first-order chi connectivity index (χ1) is 7.16. The molecule has 0 atom stereocenters. The van der Waals surface area contributed by atoms with Crippen molar-refractivity contribution in [1.29, 1.82) is 0 Å². The Bertz CT molecular complexity index is 153. The summed E-state index contributed by atoms with van der Waals surface area (Å²) in [6, 6.07) is 0. The predicted molar refractivity (Wildman–Crippen MR) is 63.8 cm³/mol. The molecule has 0 saturated carbocycles. The smallest absolute Gasteiger partial charge is 0.305 e. The molecule has 0 spiro atoms. The van der Waals surface area contributed by atoms with E-state index in [0.29, 0.717) is 13.0 Å². The Labute approximate surface area is 94.4 Å². The minimum atomic E-state index is -0.0420. The molecule has 0 aromatic heterocycles. The van der Waals surface area contributed by atoms with E-state index < -0.39 is 0 Å². The van der Waals surface area contributed by atoms with Gasteiger partial charge >= 0.3 is 5.97 Å². The second-order valence-corrected chi connectivity index (χ2v) is 4.51. The lowest BCUT2D eigenvalue weighted by Crippen LogP contribution is -2.03. The molecular weight excluding hydrogens is 188 g/mol. The summed E-state index contributed by atoms with van der Waals surface area (Å²) in [5.41, 5.74) is 0. The minimum Gasteiger partial charge on any atom is -0.466 e. The Kier molecular flexibility index (Phi) is 9.65. The molecule has 0 N–H and O–H groups in total. The maximum absolute atomic E-state index is 11.0. The maximum atomic E-state index is 11.0. The molecule has 0 rings (SSSR count). The van der Waals surface area contributed by atoms with Gasteiger partial charge in [-0.3, -0.25) is 4.79 Å². The summed E-state index contributed by atoms with van der Waals surface area (Å²) in [6.45, 7) is 6.89. The molecule has 2 heteroatoms. The molecular formula is C13H26O2. The Balaban J connectivity index is 3.08. The molecule has 0 aromatic rings. The third-order valence-corrected chi connectivity index (χ3v) is 2.47. The third-order valence-electron chi connectivity index (χ3n) is 2.47. The van der Waals surface area contributed by atoms with Crippen molar-refractivity contribution in [3.63, 3.8) is 0 Å². The quantitative estimate of drug-likeness (QED) is 0.429. The lowest BCUT2D eigenvalue weighted by atomic mass is 10.0. The largest absolute Gasteiger partial charge is 0.466 e. The van der Waals surface area contributed by atoms with Crippen LogP contribution < -0.4 is 0 Å². The van der Waals surface area contributed by atoms with E-state index in [-0.39, 0.29) is 5.97 Å². The number of rotatable bonds is 9. The lowest BCUT2D eigenvalue weighted by molar-refractivity contribution is -0.143. The zero-order valence-electron chi connectivity index (χ0n) is 10.6. The van der Waals surface area contributed by atoms with E-state index in [1.807, 2.05) is 6.92 Å². The molecule has 0 heterocycles. The van der Waals surface area contributed by atoms with Crippen LogP contribution >= 0.6 is 0 Å². The summed E-state index contributed by atoms with van der Waals surface area (Å²) in [5, 5.41) is 0. The number of esters is 1. The van der Waals surface area contributed by atoms with E-state index in [1.54, 1.807) is 0 Å². The Morgan fingerprint density at radius 3 is 2.27 bits per heavy atom. The molecule has 0 radical (unpaired) electrons. The van der Waals surface area contributed by atoms with Crippen molar-refractivity contribution in [2.45, 2.75) is 65.7 Å². The van der Waals surface area contributed by atoms with Crippen LogP contribution in [0.2, 0.25) is 0 Å². The van der Waals surface area contributed by atoms with Gasteiger partial charge in [-0.15, -0.1) is 0 Å². The summed E-state index contributed by atoms with van der Waals surface area (Å²) < 4.78 is 4.86. The van der Waals surface area contributed by atoms with Gasteiger partial charge in [0.1, 0.15) is 0 Å². The van der Waals surface area contributed by atoms with Gasteiger partial charge in [0.2, 0.25) is 0 Å². The Morgan fingerprint density at radius 2 is 1.67 bits per heavy atom. The van der Waals surface area contributed by atoms with Crippen LogP contribution in [0.25, 0.3) is 0 Å². The first-order valence-corrected chi connectivity index (χ1v) is 6.32. The van der Waals surface area contributed by atoms with E-state index >= 15 is 0 Å². The number of carbonyl (C=O) groups is 1. The highest BCUT2D eigenvalue weighted by molar-refractivity contribution is 5.69. The predicted octanol–water partition coefficient (Wildman–Crippen LogP) is 3.94. The van der Waals surface area contributed by atoms with Gasteiger partial charge in [0, 0.05) is 6.42 Å². The van der Waals surface area contributed by atoms with Gasteiger partial charge in [-0.1, -0.05) is 46.0 Å². The second kappa shape index (κ2) is 10.0. The molecule has 0 aromatic carbocycles. The van der Waals surface area contributed by atoms with Crippen LogP contribution in [-0.2, 0) is 9.53 Å². The van der Waals surface area contributed by atoms with Crippen molar-refractivity contribution in [3.05, 3.63) is 0 Å². The summed E-state index contributed by atoms with van der Waals surface area (Å²) >= 11 is 0. The van der Waals surface area contributed by atoms with Crippen LogP contribution in [0, 0.1) is 5.92 Å². The number of hydrogen-bond acceptors (Lipinski definition) is 2. The molecule has 0 bridgehead atoms. The molecule has 0 fully saturated rings. The first-order valence-electron chi connectivity index (χ1n) is 6.32. The summed E-state index contributed by atoms with van der Waals surface area (Å²) in [7, 11) is 0. The molecule has 0 aliphatic carbocycles. The van der Waals surface area contributed by atoms with Crippen LogP contribution in [0.1, 0.15) is 65.7 Å². The lowest BCUT2D eigenvalue weighted by Gasteiger charge is -2.04. The van der Waals surface area contributed by atoms with Crippen molar-refractivity contribution in [2.24, 2.45) is 5.92 Å². The van der Waals surface area contributed by atoms with Crippen molar-refractivity contribution >= 4 is 5.97 Å². The van der Waals surface area contributed by atoms with E-state index in [9.17, 15) is 4.79 Å². The second-order valence-electron chi connectivity index (χ2n) is 4.51. The van der Waals surface area contributed by atoms with Gasteiger partial charge in [-0.25, -0.2) is 0 Å². The molecule has 2 nitrogen and oxygen atoms in total. The van der Waals surface area contributed by atoms with E-state index in [4.69, 9.17) is 4.74 Å². The number of unbranched alkanes of at least 4 members (excludes halogenated alkanes) is 4. The summed E-state index contributed by atoms with van der Waals surface area (Å²) in [5.74, 6) is 0.782. The molecule has 0 aliphatic heterocycles. The Hall–Kier alpha value is -0.530. The van der Waals surface area contributed by atoms with Crippen molar-refractivity contribution < 1.29 is 9.53 Å². The van der Waals surface area contributed by atoms with Gasteiger partial charge in [0.15, 0.2) is 0 Å². The van der Waals surface area contributed by atoms with E-state index in [0.717, 1.165) is 18.8 Å². The van der Waals surface area contributed by atoms with Crippen LogP contribution in [0.15, 0.2) is 0 Å². The first kappa shape index (κ1) is 14.5. The summed E-state index contributed by atoms with van der Waals surface area (Å²) in [4.78, 5) is 11.0. The van der Waals surface area contributed by atoms with E-state index in [1.165, 1.54) is 25.7 Å². The van der Waals surface area contributed by atoms with Gasteiger partial charge in [-0.2, -0.15) is 0 Å². The highest BCUT2D eigenvalue weighted by Crippen LogP contribution is 2.11. The van der Waals surface area contributed by atoms with Gasteiger partial charge in [0.25, 0.3) is 0 Å². The number of ether oxygens (including phenoxy) is 1. The summed E-state index contributed by atoms with van der Waals surface area (Å²) in [6.07, 6.45) is 7.97. The zero-order chi connectivity index (χ0) is 11.5. The third kappa shape index (κ3) is 11.4. The topological polar surface area (TPSA) is 26.3 Å². The van der Waals surface area contributed by atoms with Gasteiger partial charge < -0.3 is 4.74 Å². The number of hydrogen-bond donors (Lipinski definition) is 0. The van der Waals surface area contributed by atoms with E-state index in [2.05, 4.69) is 13.8 Å². The maximum Gasteiger partial charge on any atom is 0.305 e. The molecule has 90 valence electrons.